The van der Waals surface area contributed by atoms with Crippen LogP contribution in [0.4, 0.5) is 4.79 Å². The molecule has 17 heavy (non-hydrogen) atoms. The van der Waals surface area contributed by atoms with Gasteiger partial charge in [-0.15, -0.1) is 0 Å². The summed E-state index contributed by atoms with van der Waals surface area (Å²) in [5.41, 5.74) is 0.456. The molecule has 0 spiro atoms. The minimum absolute atomic E-state index is 0.228. The standard InChI is InChI=1S/C12H22N2O3/c1-11(2)8(12(11,3)4)6-13-10(17)14(5)7-9(15)16/h8H,6-7H2,1-5H3,(H,13,17)(H,15,16). The number of carboxylic acid groups (broad SMARTS) is 1. The molecule has 0 unspecified atom stereocenters. The molecule has 1 saturated carbocycles. The number of urea groups is 1. The first-order chi connectivity index (χ1) is 7.60. The molecule has 0 radical (unpaired) electrons. The van der Waals surface area contributed by atoms with Crippen LogP contribution in [0.15, 0.2) is 0 Å². The lowest BCUT2D eigenvalue weighted by atomic mass is 10.0. The van der Waals surface area contributed by atoms with Gasteiger partial charge in [0.2, 0.25) is 0 Å². The van der Waals surface area contributed by atoms with Gasteiger partial charge in [-0.3, -0.25) is 4.79 Å². The first-order valence-corrected chi connectivity index (χ1v) is 5.81. The molecule has 0 saturated heterocycles. The number of carbonyl (C=O) groups excluding carboxylic acids is 1. The zero-order chi connectivity index (χ0) is 13.4. The Morgan fingerprint density at radius 2 is 1.71 bits per heavy atom. The van der Waals surface area contributed by atoms with Crippen molar-refractivity contribution in [2.24, 2.45) is 16.7 Å². The fraction of sp³-hybridized carbons (Fsp3) is 0.833. The highest BCUT2D eigenvalue weighted by Gasteiger charge is 2.64. The van der Waals surface area contributed by atoms with Crippen LogP contribution in [0.5, 0.6) is 0 Å². The first-order valence-electron chi connectivity index (χ1n) is 5.81. The lowest BCUT2D eigenvalue weighted by molar-refractivity contribution is -0.137. The summed E-state index contributed by atoms with van der Waals surface area (Å²) in [6.45, 7) is 9.07. The van der Waals surface area contributed by atoms with Gasteiger partial charge in [-0.1, -0.05) is 27.7 Å². The highest BCUT2D eigenvalue weighted by molar-refractivity contribution is 5.79. The van der Waals surface area contributed by atoms with Crippen molar-refractivity contribution < 1.29 is 14.7 Å². The molecule has 1 fully saturated rings. The van der Waals surface area contributed by atoms with E-state index in [1.54, 1.807) is 0 Å². The number of carbonyl (C=O) groups is 2. The average molecular weight is 242 g/mol. The van der Waals surface area contributed by atoms with Gasteiger partial charge in [0.25, 0.3) is 0 Å². The fourth-order valence-corrected chi connectivity index (χ4v) is 2.44. The fourth-order valence-electron chi connectivity index (χ4n) is 2.44. The van der Waals surface area contributed by atoms with Gasteiger partial charge in [0.05, 0.1) is 0 Å². The lowest BCUT2D eigenvalue weighted by Gasteiger charge is -2.16. The molecule has 0 atom stereocenters. The third-order valence-corrected chi connectivity index (χ3v) is 4.50. The molecule has 1 aliphatic rings. The van der Waals surface area contributed by atoms with Crippen LogP contribution >= 0.6 is 0 Å². The normalized spacial score (nSPS) is 20.8. The van der Waals surface area contributed by atoms with E-state index in [0.717, 1.165) is 0 Å². The molecule has 0 bridgehead atoms. The predicted molar refractivity (Wildman–Crippen MR) is 64.7 cm³/mol. The second-order valence-electron chi connectivity index (χ2n) is 5.93. The van der Waals surface area contributed by atoms with Crippen molar-refractivity contribution in [3.05, 3.63) is 0 Å². The highest BCUT2D eigenvalue weighted by Crippen LogP contribution is 2.67. The van der Waals surface area contributed by atoms with E-state index in [9.17, 15) is 9.59 Å². The maximum Gasteiger partial charge on any atom is 0.323 e. The Bertz CT molecular complexity index is 323. The topological polar surface area (TPSA) is 69.6 Å². The molecule has 0 aliphatic heterocycles. The minimum Gasteiger partial charge on any atom is -0.480 e. The molecule has 1 aliphatic carbocycles. The van der Waals surface area contributed by atoms with Gasteiger partial charge >= 0.3 is 12.0 Å². The zero-order valence-corrected chi connectivity index (χ0v) is 11.2. The molecule has 98 valence electrons. The van der Waals surface area contributed by atoms with Crippen LogP contribution in [0.25, 0.3) is 0 Å². The molecule has 2 amide bonds. The number of nitrogens with zero attached hydrogens (tertiary/aromatic N) is 1. The van der Waals surface area contributed by atoms with E-state index in [-0.39, 0.29) is 23.4 Å². The van der Waals surface area contributed by atoms with Gasteiger partial charge < -0.3 is 15.3 Å². The van der Waals surface area contributed by atoms with Gasteiger partial charge in [0, 0.05) is 13.6 Å². The van der Waals surface area contributed by atoms with E-state index in [2.05, 4.69) is 33.0 Å². The van der Waals surface area contributed by atoms with Gasteiger partial charge in [-0.05, 0) is 16.7 Å². The Hall–Kier alpha value is -1.26. The Morgan fingerprint density at radius 1 is 1.24 bits per heavy atom. The Labute approximate surface area is 102 Å². The van der Waals surface area contributed by atoms with E-state index in [4.69, 9.17) is 5.11 Å². The molecule has 5 nitrogen and oxygen atoms in total. The third kappa shape index (κ3) is 2.53. The van der Waals surface area contributed by atoms with E-state index >= 15 is 0 Å². The summed E-state index contributed by atoms with van der Waals surface area (Å²) in [5.74, 6) is -0.563. The van der Waals surface area contributed by atoms with Crippen molar-refractivity contribution in [1.82, 2.24) is 10.2 Å². The number of hydrogen-bond donors (Lipinski definition) is 2. The van der Waals surface area contributed by atoms with Crippen molar-refractivity contribution in [3.63, 3.8) is 0 Å². The Kier molecular flexibility index (Phi) is 3.41. The van der Waals surface area contributed by atoms with Crippen molar-refractivity contribution in [3.8, 4) is 0 Å². The molecule has 0 aromatic carbocycles. The molecule has 1 rings (SSSR count). The van der Waals surface area contributed by atoms with Crippen LogP contribution in [-0.4, -0.2) is 42.1 Å². The Balaban J connectivity index is 2.38. The van der Waals surface area contributed by atoms with Crippen molar-refractivity contribution in [2.45, 2.75) is 27.7 Å². The summed E-state index contributed by atoms with van der Waals surface area (Å²) in [6, 6.07) is -0.328. The third-order valence-electron chi connectivity index (χ3n) is 4.50. The lowest BCUT2D eigenvalue weighted by Crippen LogP contribution is -2.41. The number of rotatable bonds is 4. The van der Waals surface area contributed by atoms with E-state index in [1.807, 2.05) is 0 Å². The van der Waals surface area contributed by atoms with Crippen LogP contribution in [0.3, 0.4) is 0 Å². The molecule has 0 heterocycles. The summed E-state index contributed by atoms with van der Waals surface area (Å²) in [6.07, 6.45) is 0. The van der Waals surface area contributed by atoms with E-state index in [1.165, 1.54) is 11.9 Å². The number of likely N-dealkylation sites (N-methyl/N-ethyl adjacent to an activating group) is 1. The van der Waals surface area contributed by atoms with Crippen molar-refractivity contribution in [1.29, 1.82) is 0 Å². The quantitative estimate of drug-likeness (QED) is 0.782. The molecule has 5 heteroatoms. The largest absolute Gasteiger partial charge is 0.480 e. The summed E-state index contributed by atoms with van der Waals surface area (Å²) < 4.78 is 0. The first kappa shape index (κ1) is 13.8. The number of aliphatic carboxylic acids is 1. The summed E-state index contributed by atoms with van der Waals surface area (Å²) in [4.78, 5) is 23.2. The Morgan fingerprint density at radius 3 is 2.06 bits per heavy atom. The van der Waals surface area contributed by atoms with Crippen LogP contribution in [-0.2, 0) is 4.79 Å². The summed E-state index contributed by atoms with van der Waals surface area (Å²) in [7, 11) is 1.48. The van der Waals surface area contributed by atoms with Crippen LogP contribution in [0, 0.1) is 16.7 Å². The average Bonchev–Trinajstić information content (AvgIpc) is 2.53. The number of carboxylic acids is 1. The van der Waals surface area contributed by atoms with Crippen molar-refractivity contribution in [2.75, 3.05) is 20.1 Å². The predicted octanol–water partition coefficient (Wildman–Crippen LogP) is 1.39. The molecule has 2 N–H and O–H groups in total. The summed E-state index contributed by atoms with van der Waals surface area (Å²) in [5, 5.41) is 11.4. The number of hydrogen-bond acceptors (Lipinski definition) is 2. The maximum absolute atomic E-state index is 11.6. The maximum atomic E-state index is 11.6. The van der Waals surface area contributed by atoms with E-state index < -0.39 is 5.97 Å². The van der Waals surface area contributed by atoms with Crippen LogP contribution in [0.2, 0.25) is 0 Å². The van der Waals surface area contributed by atoms with Gasteiger partial charge in [-0.2, -0.15) is 0 Å². The molecular weight excluding hydrogens is 220 g/mol. The van der Waals surface area contributed by atoms with E-state index in [0.29, 0.717) is 12.5 Å². The van der Waals surface area contributed by atoms with Gasteiger partial charge in [0.1, 0.15) is 6.54 Å². The number of nitrogens with one attached hydrogen (secondary N) is 1. The van der Waals surface area contributed by atoms with Gasteiger partial charge in [0.15, 0.2) is 0 Å². The van der Waals surface area contributed by atoms with Crippen molar-refractivity contribution >= 4 is 12.0 Å². The smallest absolute Gasteiger partial charge is 0.323 e. The molecule has 0 aromatic heterocycles. The highest BCUT2D eigenvalue weighted by atomic mass is 16.4. The second kappa shape index (κ2) is 4.20. The molecule has 0 aromatic rings. The molecular formula is C12H22N2O3. The van der Waals surface area contributed by atoms with Crippen LogP contribution in [0.1, 0.15) is 27.7 Å². The van der Waals surface area contributed by atoms with Gasteiger partial charge in [-0.25, -0.2) is 4.79 Å². The zero-order valence-electron chi connectivity index (χ0n) is 11.2. The monoisotopic (exact) mass is 242 g/mol. The SMILES string of the molecule is CN(CC(=O)O)C(=O)NCC1C(C)(C)C1(C)C. The summed E-state index contributed by atoms with van der Waals surface area (Å²) >= 11 is 0. The van der Waals surface area contributed by atoms with Crippen LogP contribution < -0.4 is 5.32 Å². The second-order valence-corrected chi connectivity index (χ2v) is 5.93. The number of amides is 2. The minimum atomic E-state index is -1.00.